The Bertz CT molecular complexity index is 748. The van der Waals surface area contributed by atoms with Crippen molar-refractivity contribution < 1.29 is 0 Å². The van der Waals surface area contributed by atoms with E-state index in [-0.39, 0.29) is 0 Å². The Morgan fingerprint density at radius 1 is 1.06 bits per heavy atom. The van der Waals surface area contributed by atoms with E-state index in [1.807, 2.05) is 0 Å². The zero-order valence-corrected chi connectivity index (χ0v) is 22.2. The molecule has 3 rings (SSSR count). The number of thiocarbonyl (C=S) groups is 1. The number of rotatable bonds is 14. The number of nitrogens with zero attached hydrogens (tertiary/aromatic N) is 3. The second kappa shape index (κ2) is 13.3. The largest absolute Gasteiger partial charge is 0.369 e. The summed E-state index contributed by atoms with van der Waals surface area (Å²) in [6, 6.07) is 11.9. The zero-order valence-electron chi connectivity index (χ0n) is 21.4. The number of benzene rings is 1. The minimum atomic E-state index is 0.394. The Kier molecular flexibility index (Phi) is 10.5. The van der Waals surface area contributed by atoms with Crippen molar-refractivity contribution in [3.05, 3.63) is 35.9 Å². The predicted molar refractivity (Wildman–Crippen MR) is 146 cm³/mol. The van der Waals surface area contributed by atoms with Crippen molar-refractivity contribution in [1.29, 1.82) is 0 Å². The first-order valence-electron chi connectivity index (χ1n) is 13.4. The fourth-order valence-corrected chi connectivity index (χ4v) is 5.32. The molecule has 0 bridgehead atoms. The van der Waals surface area contributed by atoms with Crippen LogP contribution >= 0.6 is 12.2 Å². The van der Waals surface area contributed by atoms with Crippen molar-refractivity contribution in [2.24, 2.45) is 16.8 Å². The van der Waals surface area contributed by atoms with Crippen LogP contribution in [0.15, 0.2) is 35.3 Å². The first-order chi connectivity index (χ1) is 16.0. The van der Waals surface area contributed by atoms with Gasteiger partial charge < -0.3 is 15.1 Å². The molecule has 1 unspecified atom stereocenters. The molecule has 1 aromatic carbocycles. The summed E-state index contributed by atoms with van der Waals surface area (Å²) in [5.41, 5.74) is 1.40. The Balaban J connectivity index is 1.44. The first-order valence-corrected chi connectivity index (χ1v) is 13.8. The zero-order chi connectivity index (χ0) is 23.6. The minimum Gasteiger partial charge on any atom is -0.369 e. The Morgan fingerprint density at radius 2 is 1.82 bits per heavy atom. The summed E-state index contributed by atoms with van der Waals surface area (Å²) >= 11 is 5.99. The van der Waals surface area contributed by atoms with Gasteiger partial charge in [-0.2, -0.15) is 0 Å². The van der Waals surface area contributed by atoms with Crippen molar-refractivity contribution in [3.8, 4) is 0 Å². The predicted octanol–water partition coefficient (Wildman–Crippen LogP) is 6.43. The van der Waals surface area contributed by atoms with E-state index in [1.54, 1.807) is 0 Å². The van der Waals surface area contributed by atoms with Gasteiger partial charge in [-0.25, -0.2) is 0 Å². The molecule has 2 aliphatic heterocycles. The second-order valence-corrected chi connectivity index (χ2v) is 10.9. The molecule has 0 spiro atoms. The molecule has 1 saturated heterocycles. The number of nitrogens with one attached hydrogen (secondary N) is 1. The van der Waals surface area contributed by atoms with E-state index in [4.69, 9.17) is 17.2 Å². The van der Waals surface area contributed by atoms with Crippen LogP contribution in [0.25, 0.3) is 0 Å². The van der Waals surface area contributed by atoms with Gasteiger partial charge >= 0.3 is 0 Å². The van der Waals surface area contributed by atoms with Crippen LogP contribution in [0.1, 0.15) is 90.7 Å². The molecule has 2 heterocycles. The number of aliphatic imine (C=N–C) groups is 1. The smallest absolute Gasteiger partial charge is 0.172 e. The molecule has 184 valence electrons. The maximum atomic E-state index is 5.99. The Labute approximate surface area is 208 Å². The topological polar surface area (TPSA) is 30.9 Å². The average Bonchev–Trinajstić information content (AvgIpc) is 3.38. The Morgan fingerprint density at radius 3 is 2.55 bits per heavy atom. The third-order valence-electron chi connectivity index (χ3n) is 7.24. The molecule has 2 aliphatic rings. The van der Waals surface area contributed by atoms with E-state index in [2.05, 4.69) is 73.1 Å². The van der Waals surface area contributed by atoms with Gasteiger partial charge in [-0.05, 0) is 55.3 Å². The van der Waals surface area contributed by atoms with E-state index in [0.29, 0.717) is 12.1 Å². The third-order valence-corrected chi connectivity index (χ3v) is 7.74. The maximum absolute atomic E-state index is 5.99. The molecule has 1 aromatic rings. The first kappa shape index (κ1) is 26.0. The lowest BCUT2D eigenvalue weighted by atomic mass is 10.0. The standard InChI is InChI=1S/C28H46N4S/c1-5-23(4)19-27-29-20-25(30-27)16-10-11-17-31-21-26(24-14-7-6-8-15-24)32(28(31)33)18-12-9-13-22(2)3/h6-8,14-15,22-23,25-26H,5,9-13,16-21H2,1-4H3,(H,29,30)/t23?,25-,26-/m0/s1. The summed E-state index contributed by atoms with van der Waals surface area (Å²) in [4.78, 5) is 9.70. The normalized spacial score (nSPS) is 21.6. The van der Waals surface area contributed by atoms with Crippen molar-refractivity contribution in [1.82, 2.24) is 15.1 Å². The van der Waals surface area contributed by atoms with Crippen LogP contribution in [-0.4, -0.2) is 53.0 Å². The highest BCUT2D eigenvalue weighted by Gasteiger charge is 2.34. The SMILES string of the molecule is CCC(C)CC1=NC[C@H](CCCCN2C[C@@H](c3ccccc3)N(CCCCC(C)C)C2=S)N1. The quantitative estimate of drug-likeness (QED) is 0.251. The number of hydrogen-bond donors (Lipinski definition) is 1. The molecule has 0 aliphatic carbocycles. The maximum Gasteiger partial charge on any atom is 0.172 e. The van der Waals surface area contributed by atoms with Crippen molar-refractivity contribution in [2.45, 2.75) is 91.1 Å². The van der Waals surface area contributed by atoms with Crippen LogP contribution in [0.4, 0.5) is 0 Å². The minimum absolute atomic E-state index is 0.394. The van der Waals surface area contributed by atoms with Crippen molar-refractivity contribution >= 4 is 23.2 Å². The van der Waals surface area contributed by atoms with Gasteiger partial charge in [0.1, 0.15) is 0 Å². The molecule has 0 amide bonds. The van der Waals surface area contributed by atoms with E-state index in [0.717, 1.165) is 49.5 Å². The van der Waals surface area contributed by atoms with E-state index < -0.39 is 0 Å². The lowest BCUT2D eigenvalue weighted by Gasteiger charge is -2.26. The fourth-order valence-electron chi connectivity index (χ4n) is 4.94. The molecule has 5 heteroatoms. The van der Waals surface area contributed by atoms with Gasteiger partial charge in [0.15, 0.2) is 5.11 Å². The summed E-state index contributed by atoms with van der Waals surface area (Å²) in [5.74, 6) is 2.73. The number of amidine groups is 1. The summed E-state index contributed by atoms with van der Waals surface area (Å²) < 4.78 is 0. The third kappa shape index (κ3) is 7.98. The van der Waals surface area contributed by atoms with Crippen molar-refractivity contribution in [3.63, 3.8) is 0 Å². The summed E-state index contributed by atoms with van der Waals surface area (Å²) in [7, 11) is 0. The number of hydrogen-bond acceptors (Lipinski definition) is 3. The summed E-state index contributed by atoms with van der Waals surface area (Å²) in [6.07, 6.45) is 9.76. The molecule has 33 heavy (non-hydrogen) atoms. The number of unbranched alkanes of at least 4 members (excludes halogenated alkanes) is 2. The van der Waals surface area contributed by atoms with Gasteiger partial charge in [-0.3, -0.25) is 4.99 Å². The highest BCUT2D eigenvalue weighted by molar-refractivity contribution is 7.80. The van der Waals surface area contributed by atoms with Crippen LogP contribution in [0.5, 0.6) is 0 Å². The molecule has 0 aromatic heterocycles. The van der Waals surface area contributed by atoms with Gasteiger partial charge in [0.05, 0.1) is 18.4 Å². The second-order valence-electron chi connectivity index (χ2n) is 10.6. The molecule has 0 radical (unpaired) electrons. The average molecular weight is 471 g/mol. The van der Waals surface area contributed by atoms with Crippen LogP contribution in [0.2, 0.25) is 0 Å². The van der Waals surface area contributed by atoms with E-state index in [1.165, 1.54) is 56.3 Å². The van der Waals surface area contributed by atoms with Gasteiger partial charge in [0.2, 0.25) is 0 Å². The Hall–Kier alpha value is -1.62. The molecule has 1 fully saturated rings. The lowest BCUT2D eigenvalue weighted by Crippen LogP contribution is -2.34. The van der Waals surface area contributed by atoms with Gasteiger partial charge in [0.25, 0.3) is 0 Å². The van der Waals surface area contributed by atoms with Crippen LogP contribution in [0.3, 0.4) is 0 Å². The lowest BCUT2D eigenvalue weighted by molar-refractivity contribution is 0.337. The van der Waals surface area contributed by atoms with Gasteiger partial charge in [-0.15, -0.1) is 0 Å². The highest BCUT2D eigenvalue weighted by Crippen LogP contribution is 2.30. The van der Waals surface area contributed by atoms with Crippen LogP contribution in [-0.2, 0) is 0 Å². The molecule has 0 saturated carbocycles. The highest BCUT2D eigenvalue weighted by atomic mass is 32.1. The monoisotopic (exact) mass is 470 g/mol. The van der Waals surface area contributed by atoms with Crippen LogP contribution < -0.4 is 5.32 Å². The van der Waals surface area contributed by atoms with Crippen molar-refractivity contribution in [2.75, 3.05) is 26.2 Å². The molecule has 1 N–H and O–H groups in total. The summed E-state index contributed by atoms with van der Waals surface area (Å²) in [5, 5.41) is 4.73. The molecular formula is C28H46N4S. The van der Waals surface area contributed by atoms with Gasteiger partial charge in [-0.1, -0.05) is 77.3 Å². The molecule has 3 atom stereocenters. The van der Waals surface area contributed by atoms with Gasteiger partial charge in [0, 0.05) is 32.1 Å². The van der Waals surface area contributed by atoms with E-state index >= 15 is 0 Å². The van der Waals surface area contributed by atoms with E-state index in [9.17, 15) is 0 Å². The summed E-state index contributed by atoms with van der Waals surface area (Å²) in [6.45, 7) is 13.3. The van der Waals surface area contributed by atoms with Crippen LogP contribution in [0, 0.1) is 11.8 Å². The molecular weight excluding hydrogens is 424 g/mol. The molecule has 4 nitrogen and oxygen atoms in total. The fraction of sp³-hybridized carbons (Fsp3) is 0.714.